The minimum absolute atomic E-state index is 0.598. The SMILES string of the molecule is C=CCN(CCOC)Cc1ccc(CN)cc1. The van der Waals surface area contributed by atoms with Crippen LogP contribution in [0.1, 0.15) is 11.1 Å². The molecule has 1 aromatic rings. The van der Waals surface area contributed by atoms with Crippen LogP contribution < -0.4 is 5.73 Å². The Morgan fingerprint density at radius 1 is 1.29 bits per heavy atom. The van der Waals surface area contributed by atoms with Crippen LogP contribution in [0.25, 0.3) is 0 Å². The molecule has 0 radical (unpaired) electrons. The Bertz CT molecular complexity index is 321. The summed E-state index contributed by atoms with van der Waals surface area (Å²) in [5.74, 6) is 0. The molecule has 94 valence electrons. The van der Waals surface area contributed by atoms with Crippen molar-refractivity contribution in [3.63, 3.8) is 0 Å². The zero-order valence-electron chi connectivity index (χ0n) is 10.6. The molecule has 1 aromatic carbocycles. The van der Waals surface area contributed by atoms with Gasteiger partial charge in [0.2, 0.25) is 0 Å². The number of rotatable bonds is 8. The molecule has 3 nitrogen and oxygen atoms in total. The highest BCUT2D eigenvalue weighted by Crippen LogP contribution is 2.07. The molecule has 0 unspecified atom stereocenters. The molecule has 0 aromatic heterocycles. The third kappa shape index (κ3) is 5.13. The highest BCUT2D eigenvalue weighted by atomic mass is 16.5. The standard InChI is InChI=1S/C14H22N2O/c1-3-8-16(9-10-17-2)12-14-6-4-13(11-15)5-7-14/h3-7H,1,8-12,15H2,2H3. The summed E-state index contributed by atoms with van der Waals surface area (Å²) in [5.41, 5.74) is 8.03. The van der Waals surface area contributed by atoms with Gasteiger partial charge in [-0.25, -0.2) is 0 Å². The molecule has 0 atom stereocenters. The van der Waals surface area contributed by atoms with Crippen molar-refractivity contribution >= 4 is 0 Å². The second kappa shape index (κ2) is 8.01. The summed E-state index contributed by atoms with van der Waals surface area (Å²) in [6.45, 7) is 7.83. The average molecular weight is 234 g/mol. The number of hydrogen-bond donors (Lipinski definition) is 1. The predicted molar refractivity (Wildman–Crippen MR) is 71.7 cm³/mol. The third-order valence-corrected chi connectivity index (χ3v) is 2.66. The lowest BCUT2D eigenvalue weighted by atomic mass is 10.1. The van der Waals surface area contributed by atoms with E-state index in [9.17, 15) is 0 Å². The van der Waals surface area contributed by atoms with Crippen molar-refractivity contribution in [1.29, 1.82) is 0 Å². The fourth-order valence-corrected chi connectivity index (χ4v) is 1.68. The Morgan fingerprint density at radius 3 is 2.47 bits per heavy atom. The fourth-order valence-electron chi connectivity index (χ4n) is 1.68. The molecule has 1 rings (SSSR count). The van der Waals surface area contributed by atoms with Crippen molar-refractivity contribution in [2.24, 2.45) is 5.73 Å². The van der Waals surface area contributed by atoms with Crippen LogP contribution in [0.5, 0.6) is 0 Å². The number of nitrogens with two attached hydrogens (primary N) is 1. The smallest absolute Gasteiger partial charge is 0.0589 e. The van der Waals surface area contributed by atoms with E-state index < -0.39 is 0 Å². The minimum Gasteiger partial charge on any atom is -0.383 e. The van der Waals surface area contributed by atoms with Crippen LogP contribution in [0.3, 0.4) is 0 Å². The zero-order chi connectivity index (χ0) is 12.5. The van der Waals surface area contributed by atoms with Crippen molar-refractivity contribution < 1.29 is 4.74 Å². The van der Waals surface area contributed by atoms with Crippen LogP contribution in [-0.2, 0) is 17.8 Å². The molecule has 0 saturated heterocycles. The van der Waals surface area contributed by atoms with Gasteiger partial charge in [-0.05, 0) is 11.1 Å². The summed E-state index contributed by atoms with van der Waals surface area (Å²) in [6, 6.07) is 8.42. The molecule has 0 heterocycles. The summed E-state index contributed by atoms with van der Waals surface area (Å²) in [6.07, 6.45) is 1.92. The van der Waals surface area contributed by atoms with E-state index in [0.717, 1.165) is 26.2 Å². The Morgan fingerprint density at radius 2 is 1.94 bits per heavy atom. The first-order chi connectivity index (χ1) is 8.30. The molecular weight excluding hydrogens is 212 g/mol. The summed E-state index contributed by atoms with van der Waals surface area (Å²) in [5, 5.41) is 0. The second-order valence-corrected chi connectivity index (χ2v) is 4.04. The topological polar surface area (TPSA) is 38.5 Å². The largest absolute Gasteiger partial charge is 0.383 e. The molecule has 0 fully saturated rings. The average Bonchev–Trinajstić information content (AvgIpc) is 2.37. The molecule has 3 heteroatoms. The molecule has 0 aliphatic heterocycles. The number of methoxy groups -OCH3 is 1. The molecule has 0 aliphatic rings. The summed E-state index contributed by atoms with van der Waals surface area (Å²) in [4.78, 5) is 2.30. The van der Waals surface area contributed by atoms with Gasteiger partial charge in [0.15, 0.2) is 0 Å². The van der Waals surface area contributed by atoms with Crippen molar-refractivity contribution in [1.82, 2.24) is 4.90 Å². The van der Waals surface area contributed by atoms with Gasteiger partial charge in [-0.3, -0.25) is 4.90 Å². The first-order valence-corrected chi connectivity index (χ1v) is 5.90. The van der Waals surface area contributed by atoms with Gasteiger partial charge in [-0.1, -0.05) is 30.3 Å². The van der Waals surface area contributed by atoms with Gasteiger partial charge in [0.1, 0.15) is 0 Å². The van der Waals surface area contributed by atoms with Crippen molar-refractivity contribution in [2.75, 3.05) is 26.8 Å². The summed E-state index contributed by atoms with van der Waals surface area (Å²) < 4.78 is 5.10. The molecule has 2 N–H and O–H groups in total. The first kappa shape index (κ1) is 13.9. The summed E-state index contributed by atoms with van der Waals surface area (Å²) in [7, 11) is 1.72. The van der Waals surface area contributed by atoms with E-state index in [1.807, 2.05) is 6.08 Å². The van der Waals surface area contributed by atoms with Crippen molar-refractivity contribution in [3.05, 3.63) is 48.0 Å². The van der Waals surface area contributed by atoms with Crippen molar-refractivity contribution in [3.8, 4) is 0 Å². The van der Waals surface area contributed by atoms with Gasteiger partial charge >= 0.3 is 0 Å². The van der Waals surface area contributed by atoms with Crippen LogP contribution in [0.4, 0.5) is 0 Å². The number of benzene rings is 1. The maximum Gasteiger partial charge on any atom is 0.0589 e. The Labute approximate surface area is 104 Å². The number of nitrogens with zero attached hydrogens (tertiary/aromatic N) is 1. The van der Waals surface area contributed by atoms with Gasteiger partial charge < -0.3 is 10.5 Å². The maximum absolute atomic E-state index is 5.57. The second-order valence-electron chi connectivity index (χ2n) is 4.04. The van der Waals surface area contributed by atoms with Crippen LogP contribution in [0, 0.1) is 0 Å². The van der Waals surface area contributed by atoms with Gasteiger partial charge in [0.05, 0.1) is 6.61 Å². The zero-order valence-corrected chi connectivity index (χ0v) is 10.6. The van der Waals surface area contributed by atoms with Crippen molar-refractivity contribution in [2.45, 2.75) is 13.1 Å². The fraction of sp³-hybridized carbons (Fsp3) is 0.429. The summed E-state index contributed by atoms with van der Waals surface area (Å²) >= 11 is 0. The molecule has 17 heavy (non-hydrogen) atoms. The van der Waals surface area contributed by atoms with Crippen LogP contribution >= 0.6 is 0 Å². The molecule has 0 saturated carbocycles. The molecule has 0 spiro atoms. The third-order valence-electron chi connectivity index (χ3n) is 2.66. The normalized spacial score (nSPS) is 10.8. The minimum atomic E-state index is 0.598. The molecule has 0 bridgehead atoms. The van der Waals surface area contributed by atoms with E-state index >= 15 is 0 Å². The quantitative estimate of drug-likeness (QED) is 0.697. The van der Waals surface area contributed by atoms with Crippen LogP contribution in [0.15, 0.2) is 36.9 Å². The van der Waals surface area contributed by atoms with E-state index in [2.05, 4.69) is 35.7 Å². The highest BCUT2D eigenvalue weighted by molar-refractivity contribution is 5.22. The Hall–Kier alpha value is -1.16. The Balaban J connectivity index is 2.54. The van der Waals surface area contributed by atoms with Crippen LogP contribution in [0.2, 0.25) is 0 Å². The van der Waals surface area contributed by atoms with E-state index in [0.29, 0.717) is 6.54 Å². The number of ether oxygens (including phenoxy) is 1. The van der Waals surface area contributed by atoms with E-state index in [4.69, 9.17) is 10.5 Å². The monoisotopic (exact) mass is 234 g/mol. The predicted octanol–water partition coefficient (Wildman–Crippen LogP) is 1.78. The van der Waals surface area contributed by atoms with E-state index in [-0.39, 0.29) is 0 Å². The van der Waals surface area contributed by atoms with E-state index in [1.54, 1.807) is 7.11 Å². The maximum atomic E-state index is 5.57. The molecule has 0 amide bonds. The number of hydrogen-bond acceptors (Lipinski definition) is 3. The first-order valence-electron chi connectivity index (χ1n) is 5.90. The molecular formula is C14H22N2O. The Kier molecular flexibility index (Phi) is 6.55. The lowest BCUT2D eigenvalue weighted by molar-refractivity contribution is 0.151. The van der Waals surface area contributed by atoms with Gasteiger partial charge in [-0.15, -0.1) is 6.58 Å². The van der Waals surface area contributed by atoms with Gasteiger partial charge in [0.25, 0.3) is 0 Å². The van der Waals surface area contributed by atoms with Crippen LogP contribution in [-0.4, -0.2) is 31.7 Å². The lowest BCUT2D eigenvalue weighted by Gasteiger charge is -2.20. The van der Waals surface area contributed by atoms with Gasteiger partial charge in [0, 0.05) is 33.3 Å². The lowest BCUT2D eigenvalue weighted by Crippen LogP contribution is -2.27. The van der Waals surface area contributed by atoms with E-state index in [1.165, 1.54) is 11.1 Å². The highest BCUT2D eigenvalue weighted by Gasteiger charge is 2.03. The van der Waals surface area contributed by atoms with Gasteiger partial charge in [-0.2, -0.15) is 0 Å². The molecule has 0 aliphatic carbocycles.